The van der Waals surface area contributed by atoms with Gasteiger partial charge in [-0.25, -0.2) is 4.39 Å². The Morgan fingerprint density at radius 3 is 2.62 bits per heavy atom. The Bertz CT molecular complexity index is 419. The Kier molecular flexibility index (Phi) is 8.58. The fourth-order valence-corrected chi connectivity index (χ4v) is 2.90. The fraction of sp³-hybridized carbons (Fsp3) is 0.529. The summed E-state index contributed by atoms with van der Waals surface area (Å²) in [6.07, 6.45) is 6.29. The van der Waals surface area contributed by atoms with Gasteiger partial charge in [0.25, 0.3) is 0 Å². The van der Waals surface area contributed by atoms with Crippen molar-refractivity contribution in [3.63, 3.8) is 0 Å². The number of hydrogen-bond donors (Lipinski definition) is 1. The zero-order chi connectivity index (χ0) is 14.2. The van der Waals surface area contributed by atoms with Gasteiger partial charge in [-0.2, -0.15) is 0 Å². The van der Waals surface area contributed by atoms with E-state index in [2.05, 4.69) is 16.8 Å². The molecule has 1 aromatic carbocycles. The van der Waals surface area contributed by atoms with Crippen molar-refractivity contribution >= 4 is 12.4 Å². The van der Waals surface area contributed by atoms with Gasteiger partial charge in [0.05, 0.1) is 0 Å². The molecule has 0 saturated carbocycles. The average molecular weight is 313 g/mol. The van der Waals surface area contributed by atoms with Crippen molar-refractivity contribution in [3.8, 4) is 0 Å². The van der Waals surface area contributed by atoms with Crippen LogP contribution in [0.25, 0.3) is 0 Å². The maximum Gasteiger partial charge on any atom is 0.127 e. The van der Waals surface area contributed by atoms with E-state index in [0.717, 1.165) is 57.4 Å². The number of halogens is 2. The topological polar surface area (TPSA) is 15.3 Å². The number of unbranched alkanes of at least 4 members (excludes halogenated alkanes) is 2. The summed E-state index contributed by atoms with van der Waals surface area (Å²) in [5.74, 6) is -0.0697. The molecule has 0 amide bonds. The predicted octanol–water partition coefficient (Wildman–Crippen LogP) is 3.94. The van der Waals surface area contributed by atoms with Crippen LogP contribution < -0.4 is 5.32 Å². The van der Waals surface area contributed by atoms with Crippen molar-refractivity contribution in [1.82, 2.24) is 10.2 Å². The van der Waals surface area contributed by atoms with Crippen molar-refractivity contribution in [3.05, 3.63) is 48.3 Å². The van der Waals surface area contributed by atoms with Gasteiger partial charge >= 0.3 is 0 Å². The first-order chi connectivity index (χ1) is 9.83. The highest BCUT2D eigenvalue weighted by Crippen LogP contribution is 2.28. The van der Waals surface area contributed by atoms with E-state index in [1.807, 2.05) is 18.2 Å². The Labute approximate surface area is 133 Å². The van der Waals surface area contributed by atoms with E-state index in [1.165, 1.54) is 0 Å². The van der Waals surface area contributed by atoms with Gasteiger partial charge in [-0.1, -0.05) is 30.7 Å². The molecule has 2 rings (SSSR count). The number of nitrogens with zero attached hydrogens (tertiary/aromatic N) is 1. The molecule has 1 aliphatic rings. The minimum atomic E-state index is -0.0697. The summed E-state index contributed by atoms with van der Waals surface area (Å²) in [5.41, 5.74) is 0.855. The van der Waals surface area contributed by atoms with Crippen molar-refractivity contribution in [2.75, 3.05) is 26.2 Å². The Morgan fingerprint density at radius 2 is 1.95 bits per heavy atom. The highest BCUT2D eigenvalue weighted by molar-refractivity contribution is 5.85. The molecule has 1 aromatic rings. The molecule has 0 radical (unpaired) electrons. The van der Waals surface area contributed by atoms with Crippen LogP contribution in [0.5, 0.6) is 0 Å². The molecule has 1 aliphatic heterocycles. The van der Waals surface area contributed by atoms with Crippen LogP contribution in [-0.2, 0) is 0 Å². The van der Waals surface area contributed by atoms with Crippen LogP contribution >= 0.6 is 12.4 Å². The molecule has 1 atom stereocenters. The van der Waals surface area contributed by atoms with Gasteiger partial charge in [0.2, 0.25) is 0 Å². The fourth-order valence-electron chi connectivity index (χ4n) is 2.90. The Hall–Kier alpha value is -0.900. The van der Waals surface area contributed by atoms with Crippen LogP contribution in [0.3, 0.4) is 0 Å². The molecular formula is C17H26ClFN2. The molecule has 0 unspecified atom stereocenters. The number of piperazine rings is 1. The molecular weight excluding hydrogens is 287 g/mol. The zero-order valence-electron chi connectivity index (χ0n) is 12.6. The first-order valence-corrected chi connectivity index (χ1v) is 7.63. The van der Waals surface area contributed by atoms with E-state index in [1.54, 1.807) is 12.1 Å². The van der Waals surface area contributed by atoms with Crippen molar-refractivity contribution in [1.29, 1.82) is 0 Å². The normalized spacial score (nSPS) is 17.0. The molecule has 21 heavy (non-hydrogen) atoms. The minimum absolute atomic E-state index is 0. The summed E-state index contributed by atoms with van der Waals surface area (Å²) in [7, 11) is 0. The molecule has 0 bridgehead atoms. The number of nitrogens with one attached hydrogen (secondary N) is 1. The average Bonchev–Trinajstić information content (AvgIpc) is 2.49. The highest BCUT2D eigenvalue weighted by Gasteiger charge is 2.23. The Balaban J connectivity index is 0.00000220. The van der Waals surface area contributed by atoms with Gasteiger partial charge in [0, 0.05) is 37.8 Å². The summed E-state index contributed by atoms with van der Waals surface area (Å²) in [6, 6.07) is 7.44. The van der Waals surface area contributed by atoms with Gasteiger partial charge in [0.1, 0.15) is 5.82 Å². The zero-order valence-corrected chi connectivity index (χ0v) is 13.4. The van der Waals surface area contributed by atoms with E-state index in [4.69, 9.17) is 0 Å². The highest BCUT2D eigenvalue weighted by atomic mass is 35.5. The van der Waals surface area contributed by atoms with Crippen LogP contribution in [0.1, 0.15) is 37.3 Å². The lowest BCUT2D eigenvalue weighted by atomic mass is 9.97. The van der Waals surface area contributed by atoms with Gasteiger partial charge in [0.15, 0.2) is 0 Å². The molecule has 4 heteroatoms. The smallest absolute Gasteiger partial charge is 0.127 e. The lowest BCUT2D eigenvalue weighted by Crippen LogP contribution is -2.45. The first-order valence-electron chi connectivity index (χ1n) is 7.63. The van der Waals surface area contributed by atoms with Crippen LogP contribution in [0.4, 0.5) is 4.39 Å². The maximum absolute atomic E-state index is 14.1. The molecule has 1 heterocycles. The van der Waals surface area contributed by atoms with Crippen LogP contribution in [0.15, 0.2) is 36.9 Å². The summed E-state index contributed by atoms with van der Waals surface area (Å²) < 4.78 is 14.1. The summed E-state index contributed by atoms with van der Waals surface area (Å²) in [4.78, 5) is 2.42. The van der Waals surface area contributed by atoms with E-state index < -0.39 is 0 Å². The Morgan fingerprint density at radius 1 is 1.24 bits per heavy atom. The first kappa shape index (κ1) is 18.1. The van der Waals surface area contributed by atoms with Crippen molar-refractivity contribution in [2.24, 2.45) is 0 Å². The van der Waals surface area contributed by atoms with Crippen molar-refractivity contribution in [2.45, 2.75) is 31.7 Å². The third-order valence-electron chi connectivity index (χ3n) is 3.99. The van der Waals surface area contributed by atoms with E-state index in [9.17, 15) is 4.39 Å². The molecule has 2 nitrogen and oxygen atoms in total. The number of rotatable bonds is 7. The van der Waals surface area contributed by atoms with Crippen molar-refractivity contribution < 1.29 is 4.39 Å². The number of allylic oxidation sites excluding steroid dienone is 1. The summed E-state index contributed by atoms with van der Waals surface area (Å²) in [5, 5.41) is 3.36. The second-order valence-corrected chi connectivity index (χ2v) is 5.40. The predicted molar refractivity (Wildman–Crippen MR) is 89.5 cm³/mol. The second-order valence-electron chi connectivity index (χ2n) is 5.40. The van der Waals surface area contributed by atoms with E-state index in [-0.39, 0.29) is 24.3 Å². The molecule has 1 fully saturated rings. The van der Waals surface area contributed by atoms with Crippen LogP contribution in [0.2, 0.25) is 0 Å². The largest absolute Gasteiger partial charge is 0.314 e. The van der Waals surface area contributed by atoms with Gasteiger partial charge < -0.3 is 5.32 Å². The molecule has 0 aromatic heterocycles. The molecule has 1 saturated heterocycles. The maximum atomic E-state index is 14.1. The van der Waals surface area contributed by atoms with Gasteiger partial charge in [-0.15, -0.1) is 19.0 Å². The van der Waals surface area contributed by atoms with Crippen LogP contribution in [0, 0.1) is 5.82 Å². The quantitative estimate of drug-likeness (QED) is 0.606. The van der Waals surface area contributed by atoms with E-state index >= 15 is 0 Å². The summed E-state index contributed by atoms with van der Waals surface area (Å²) >= 11 is 0. The van der Waals surface area contributed by atoms with E-state index in [0.29, 0.717) is 0 Å². The third kappa shape index (κ3) is 5.42. The SMILES string of the molecule is C=CCCCC[C@H](c1ccccc1F)N1CCNCC1.Cl. The summed E-state index contributed by atoms with van der Waals surface area (Å²) in [6.45, 7) is 7.76. The standard InChI is InChI=1S/C17H25FN2.ClH/c1-2-3-4-5-10-17(20-13-11-19-12-14-20)15-8-6-7-9-16(15)18;/h2,6-9,17,19H,1,3-5,10-14H2;1H/t17-;/m1./s1. The van der Waals surface area contributed by atoms with Gasteiger partial charge in [-0.3, -0.25) is 4.90 Å². The number of benzene rings is 1. The monoisotopic (exact) mass is 312 g/mol. The van der Waals surface area contributed by atoms with Gasteiger partial charge in [-0.05, 0) is 25.3 Å². The third-order valence-corrected chi connectivity index (χ3v) is 3.99. The number of hydrogen-bond acceptors (Lipinski definition) is 2. The lowest BCUT2D eigenvalue weighted by Gasteiger charge is -2.35. The molecule has 1 N–H and O–H groups in total. The second kappa shape index (κ2) is 9.93. The van der Waals surface area contributed by atoms with Crippen LogP contribution in [-0.4, -0.2) is 31.1 Å². The lowest BCUT2D eigenvalue weighted by molar-refractivity contribution is 0.160. The molecule has 118 valence electrons. The minimum Gasteiger partial charge on any atom is -0.314 e. The molecule has 0 aliphatic carbocycles. The molecule has 0 spiro atoms.